The molecule has 3 aromatic rings. The first-order valence-electron chi connectivity index (χ1n) is 9.81. The summed E-state index contributed by atoms with van der Waals surface area (Å²) < 4.78 is 4.01. The Balaban J connectivity index is 0.00000160. The average molecular weight is 533 g/mol. The van der Waals surface area contributed by atoms with E-state index in [0.29, 0.717) is 10.0 Å². The van der Waals surface area contributed by atoms with Crippen molar-refractivity contribution in [1.29, 1.82) is 0 Å². The molecule has 0 fully saturated rings. The minimum atomic E-state index is -2.46. The van der Waals surface area contributed by atoms with Gasteiger partial charge in [0, 0.05) is 0 Å². The number of fused-ring (bicyclic) bond motifs is 1. The second-order valence-electron chi connectivity index (χ2n) is 7.08. The number of hydrogen-bond donors (Lipinski definition) is 1. The maximum absolute atomic E-state index is 12.6. The molecule has 0 saturated carbocycles. The molecule has 1 N–H and O–H groups in total. The van der Waals surface area contributed by atoms with Gasteiger partial charge in [0.2, 0.25) is 0 Å². The molecule has 0 saturated heterocycles. The third-order valence-corrected chi connectivity index (χ3v) is 24.8. The van der Waals surface area contributed by atoms with Gasteiger partial charge >= 0.3 is 177 Å². The Bertz CT molecular complexity index is 945. The SMILES string of the molecule is CCC(=O)[NH][Zr+2]([CH]1C=Cc2ccccc21)[SiH](c1ccccc1)c1ccccc1.[Cl-].[Cl-]. The molecule has 6 heteroatoms. The van der Waals surface area contributed by atoms with Crippen molar-refractivity contribution in [2.24, 2.45) is 0 Å². The largest absolute Gasteiger partial charge is 1.00 e. The van der Waals surface area contributed by atoms with Crippen LogP contribution in [0, 0.1) is 0 Å². The molecule has 0 heterocycles. The molecule has 1 aliphatic carbocycles. The van der Waals surface area contributed by atoms with Crippen molar-refractivity contribution < 1.29 is 50.8 Å². The van der Waals surface area contributed by atoms with Gasteiger partial charge in [-0.15, -0.1) is 0 Å². The first kappa shape index (κ1) is 24.8. The molecule has 1 unspecified atom stereocenters. The fourth-order valence-electron chi connectivity index (χ4n) is 3.94. The summed E-state index contributed by atoms with van der Waals surface area (Å²) in [5.41, 5.74) is 2.71. The number of allylic oxidation sites excluding steroid dienone is 1. The van der Waals surface area contributed by atoms with Gasteiger partial charge in [-0.3, -0.25) is 0 Å². The predicted octanol–water partition coefficient (Wildman–Crippen LogP) is -2.64. The quantitative estimate of drug-likeness (QED) is 0.346. The Morgan fingerprint density at radius 3 is 1.97 bits per heavy atom. The fourth-order valence-corrected chi connectivity index (χ4v) is 25.1. The van der Waals surface area contributed by atoms with Gasteiger partial charge in [-0.05, 0) is 0 Å². The van der Waals surface area contributed by atoms with E-state index in [4.69, 9.17) is 0 Å². The molecule has 153 valence electrons. The Hall–Kier alpha value is -1.45. The van der Waals surface area contributed by atoms with Crippen LogP contribution in [-0.2, 0) is 26.0 Å². The summed E-state index contributed by atoms with van der Waals surface area (Å²) in [4.78, 5) is 12.6. The van der Waals surface area contributed by atoms with E-state index < -0.39 is 27.1 Å². The number of hydrogen-bond acceptors (Lipinski definition) is 1. The second-order valence-corrected chi connectivity index (χ2v) is 21.6. The maximum Gasteiger partial charge on any atom is -1.00 e. The number of nitrogens with one attached hydrogen (secondary N) is 1. The molecule has 4 rings (SSSR count). The summed E-state index contributed by atoms with van der Waals surface area (Å²) in [7, 11) is 0. The predicted molar refractivity (Wildman–Crippen MR) is 116 cm³/mol. The van der Waals surface area contributed by atoms with Crippen molar-refractivity contribution in [3.05, 3.63) is 102 Å². The number of halogens is 2. The molecule has 30 heavy (non-hydrogen) atoms. The summed E-state index contributed by atoms with van der Waals surface area (Å²) in [6, 6.07) is 30.5. The van der Waals surface area contributed by atoms with E-state index in [1.807, 2.05) is 6.92 Å². The van der Waals surface area contributed by atoms with E-state index in [9.17, 15) is 4.79 Å². The van der Waals surface area contributed by atoms with Crippen LogP contribution in [0.1, 0.15) is 28.1 Å². The molecule has 0 bridgehead atoms. The minimum Gasteiger partial charge on any atom is -1.00 e. The molecule has 0 spiro atoms. The standard InChI is InChI=1S/C12H11Si.C9H7.C3H7NO.2ClH.Zr/c1-3-7-11(8-4-1)13-12-9-5-2-6-10-12;1-2-5-9-7-3-6-8(9)4-1;1-2-3(4)5;;;/h1-10,13H;1-7H;2H2,1H3,(H2,4,5);2*1H;/q;;;;;+3/p-3. The van der Waals surface area contributed by atoms with Crippen molar-refractivity contribution in [3.8, 4) is 0 Å². The van der Waals surface area contributed by atoms with Crippen molar-refractivity contribution >= 4 is 28.3 Å². The van der Waals surface area contributed by atoms with Crippen molar-refractivity contribution in [2.45, 2.75) is 17.0 Å². The van der Waals surface area contributed by atoms with Crippen LogP contribution in [0.3, 0.4) is 0 Å². The van der Waals surface area contributed by atoms with Gasteiger partial charge in [-0.1, -0.05) is 0 Å². The topological polar surface area (TPSA) is 29.1 Å². The smallest absolute Gasteiger partial charge is 1.00 e. The van der Waals surface area contributed by atoms with E-state index in [1.54, 1.807) is 0 Å². The number of rotatable bonds is 6. The summed E-state index contributed by atoms with van der Waals surface area (Å²) in [6.45, 7) is 1.95. The molecule has 3 aromatic carbocycles. The third-order valence-electron chi connectivity index (χ3n) is 5.32. The second kappa shape index (κ2) is 11.8. The Morgan fingerprint density at radius 1 is 0.867 bits per heavy atom. The number of carbonyl (C=O) groups excluding carboxylic acids is 1. The van der Waals surface area contributed by atoms with E-state index in [1.165, 1.54) is 21.5 Å². The summed E-state index contributed by atoms with van der Waals surface area (Å²) in [5.74, 6) is -1.33. The van der Waals surface area contributed by atoms with Crippen molar-refractivity contribution in [1.82, 2.24) is 3.26 Å². The van der Waals surface area contributed by atoms with Crippen LogP contribution in [0.25, 0.3) is 6.08 Å². The maximum atomic E-state index is 12.6. The van der Waals surface area contributed by atoms with Crippen molar-refractivity contribution in [3.63, 3.8) is 0 Å². The zero-order valence-corrected chi connectivity index (χ0v) is 21.9. The van der Waals surface area contributed by atoms with Gasteiger partial charge in [0.1, 0.15) is 0 Å². The van der Waals surface area contributed by atoms with Gasteiger partial charge in [-0.2, -0.15) is 0 Å². The Labute approximate surface area is 200 Å². The fraction of sp³-hybridized carbons (Fsp3) is 0.125. The van der Waals surface area contributed by atoms with Crippen molar-refractivity contribution in [2.75, 3.05) is 0 Å². The number of benzene rings is 3. The average Bonchev–Trinajstić information content (AvgIpc) is 3.19. The third kappa shape index (κ3) is 5.42. The van der Waals surface area contributed by atoms with Crippen LogP contribution >= 0.6 is 0 Å². The molecule has 2 nitrogen and oxygen atoms in total. The molecule has 1 aliphatic rings. The normalized spacial score (nSPS) is 13.7. The molecular formula is C24H24Cl2NOSiZr. The van der Waals surface area contributed by atoms with Crippen LogP contribution in [0.2, 0.25) is 0 Å². The Morgan fingerprint density at radius 2 is 1.40 bits per heavy atom. The molecule has 0 aliphatic heterocycles. The molecule has 1 amide bonds. The summed E-state index contributed by atoms with van der Waals surface area (Å²) >= 11 is -2.46. The van der Waals surface area contributed by atoms with Crippen LogP contribution in [0.15, 0.2) is 91.0 Å². The summed E-state index contributed by atoms with van der Waals surface area (Å²) in [5, 5.41) is 2.88. The summed E-state index contributed by atoms with van der Waals surface area (Å²) in [6.07, 6.45) is 5.16. The molecule has 0 radical (unpaired) electrons. The monoisotopic (exact) mass is 530 g/mol. The van der Waals surface area contributed by atoms with Crippen LogP contribution < -0.4 is 38.4 Å². The first-order chi connectivity index (χ1) is 13.8. The van der Waals surface area contributed by atoms with Gasteiger partial charge in [-0.25, -0.2) is 0 Å². The molecular weight excluding hydrogens is 508 g/mol. The zero-order chi connectivity index (χ0) is 19.3. The van der Waals surface area contributed by atoms with Crippen LogP contribution in [0.5, 0.6) is 0 Å². The minimum absolute atomic E-state index is 0. The molecule has 1 atom stereocenters. The first-order valence-corrected chi connectivity index (χ1v) is 18.4. The van der Waals surface area contributed by atoms with Gasteiger partial charge in [0.05, 0.1) is 0 Å². The van der Waals surface area contributed by atoms with E-state index >= 15 is 0 Å². The van der Waals surface area contributed by atoms with E-state index in [2.05, 4.69) is 100 Å². The molecule has 0 aromatic heterocycles. The van der Waals surface area contributed by atoms with E-state index in [-0.39, 0.29) is 30.7 Å². The van der Waals surface area contributed by atoms with Crippen LogP contribution in [0.4, 0.5) is 0 Å². The van der Waals surface area contributed by atoms with Gasteiger partial charge in [0.15, 0.2) is 0 Å². The van der Waals surface area contributed by atoms with Crippen LogP contribution in [-0.4, -0.2) is 11.8 Å². The Kier molecular flexibility index (Phi) is 9.77. The number of carbonyl (C=O) groups is 1. The van der Waals surface area contributed by atoms with Gasteiger partial charge in [0.25, 0.3) is 0 Å². The zero-order valence-electron chi connectivity index (χ0n) is 16.8. The number of amides is 1. The van der Waals surface area contributed by atoms with Gasteiger partial charge < -0.3 is 24.8 Å². The van der Waals surface area contributed by atoms with E-state index in [0.717, 1.165) is 0 Å².